The van der Waals surface area contributed by atoms with Crippen LogP contribution >= 0.6 is 0 Å². The number of H-pyrrole nitrogens is 1. The monoisotopic (exact) mass is 317 g/mol. The van der Waals surface area contributed by atoms with Crippen LogP contribution < -0.4 is 0 Å². The number of hydrogen-bond acceptors (Lipinski definition) is 3. The van der Waals surface area contributed by atoms with Gasteiger partial charge < -0.3 is 9.64 Å². The molecule has 0 radical (unpaired) electrons. The number of carbonyl (C=O) groups excluding carboxylic acids is 1. The Morgan fingerprint density at radius 2 is 2.30 bits per heavy atom. The van der Waals surface area contributed by atoms with Gasteiger partial charge in [0.25, 0.3) is 5.91 Å². The SMILES string of the molecule is Cc1cc(C(=O)N(Cc2ccccc2F)CC2CCOC2)[nH]n1. The van der Waals surface area contributed by atoms with E-state index in [-0.39, 0.29) is 24.2 Å². The van der Waals surface area contributed by atoms with Crippen molar-refractivity contribution in [1.29, 1.82) is 0 Å². The highest BCUT2D eigenvalue weighted by atomic mass is 19.1. The molecule has 1 aliphatic heterocycles. The van der Waals surface area contributed by atoms with Gasteiger partial charge in [-0.05, 0) is 25.5 Å². The Balaban J connectivity index is 1.80. The second-order valence-electron chi connectivity index (χ2n) is 5.93. The molecule has 1 amide bonds. The molecule has 23 heavy (non-hydrogen) atoms. The van der Waals surface area contributed by atoms with Crippen molar-refractivity contribution in [1.82, 2.24) is 15.1 Å². The Kier molecular flexibility index (Phi) is 4.71. The Bertz CT molecular complexity index is 680. The summed E-state index contributed by atoms with van der Waals surface area (Å²) in [7, 11) is 0. The van der Waals surface area contributed by atoms with E-state index in [0.717, 1.165) is 18.7 Å². The van der Waals surface area contributed by atoms with E-state index >= 15 is 0 Å². The van der Waals surface area contributed by atoms with Crippen molar-refractivity contribution in [3.63, 3.8) is 0 Å². The van der Waals surface area contributed by atoms with E-state index in [1.807, 2.05) is 6.92 Å². The normalized spacial score (nSPS) is 17.4. The first kappa shape index (κ1) is 15.7. The second kappa shape index (κ2) is 6.91. The van der Waals surface area contributed by atoms with Crippen LogP contribution in [0.4, 0.5) is 4.39 Å². The highest BCUT2D eigenvalue weighted by Gasteiger charge is 2.25. The maximum absolute atomic E-state index is 14.0. The van der Waals surface area contributed by atoms with Gasteiger partial charge in [-0.15, -0.1) is 0 Å². The average Bonchev–Trinajstić information content (AvgIpc) is 3.19. The van der Waals surface area contributed by atoms with Gasteiger partial charge >= 0.3 is 0 Å². The highest BCUT2D eigenvalue weighted by Crippen LogP contribution is 2.19. The summed E-state index contributed by atoms with van der Waals surface area (Å²) < 4.78 is 19.3. The van der Waals surface area contributed by atoms with Gasteiger partial charge in [-0.1, -0.05) is 18.2 Å². The number of hydrogen-bond donors (Lipinski definition) is 1. The minimum atomic E-state index is -0.297. The highest BCUT2D eigenvalue weighted by molar-refractivity contribution is 5.92. The molecule has 1 unspecified atom stereocenters. The minimum Gasteiger partial charge on any atom is -0.381 e. The van der Waals surface area contributed by atoms with Crippen molar-refractivity contribution in [2.45, 2.75) is 19.9 Å². The van der Waals surface area contributed by atoms with Gasteiger partial charge in [0.05, 0.1) is 12.3 Å². The third kappa shape index (κ3) is 3.76. The van der Waals surface area contributed by atoms with Crippen molar-refractivity contribution in [3.8, 4) is 0 Å². The Morgan fingerprint density at radius 3 is 2.96 bits per heavy atom. The number of aryl methyl sites for hydroxylation is 1. The van der Waals surface area contributed by atoms with Crippen molar-refractivity contribution in [2.75, 3.05) is 19.8 Å². The molecule has 1 atom stereocenters. The lowest BCUT2D eigenvalue weighted by molar-refractivity contribution is 0.0698. The summed E-state index contributed by atoms with van der Waals surface area (Å²) in [5.41, 5.74) is 1.69. The number of aromatic nitrogens is 2. The topological polar surface area (TPSA) is 58.2 Å². The Hall–Kier alpha value is -2.21. The summed E-state index contributed by atoms with van der Waals surface area (Å²) in [5.74, 6) is -0.177. The zero-order chi connectivity index (χ0) is 16.2. The third-order valence-corrected chi connectivity index (χ3v) is 4.05. The third-order valence-electron chi connectivity index (χ3n) is 4.05. The summed E-state index contributed by atoms with van der Waals surface area (Å²) in [6.07, 6.45) is 0.920. The maximum Gasteiger partial charge on any atom is 0.272 e. The zero-order valence-corrected chi connectivity index (χ0v) is 13.1. The molecule has 1 saturated heterocycles. The number of carbonyl (C=O) groups is 1. The largest absolute Gasteiger partial charge is 0.381 e. The van der Waals surface area contributed by atoms with Gasteiger partial charge in [0.15, 0.2) is 0 Å². The fourth-order valence-electron chi connectivity index (χ4n) is 2.79. The summed E-state index contributed by atoms with van der Waals surface area (Å²) >= 11 is 0. The van der Waals surface area contributed by atoms with Crippen LogP contribution in [0, 0.1) is 18.7 Å². The van der Waals surface area contributed by atoms with E-state index in [9.17, 15) is 9.18 Å². The van der Waals surface area contributed by atoms with Crippen LogP contribution in [0.25, 0.3) is 0 Å². The molecule has 6 heteroatoms. The number of ether oxygens (including phenoxy) is 1. The van der Waals surface area contributed by atoms with Crippen LogP contribution in [0.3, 0.4) is 0 Å². The molecule has 0 aliphatic carbocycles. The maximum atomic E-state index is 14.0. The summed E-state index contributed by atoms with van der Waals surface area (Å²) in [6.45, 7) is 3.96. The van der Waals surface area contributed by atoms with Gasteiger partial charge in [0.1, 0.15) is 11.5 Å². The van der Waals surface area contributed by atoms with Crippen LogP contribution in [0.5, 0.6) is 0 Å². The van der Waals surface area contributed by atoms with Gasteiger partial charge in [-0.2, -0.15) is 5.10 Å². The molecule has 0 bridgehead atoms. The summed E-state index contributed by atoms with van der Waals surface area (Å²) in [4.78, 5) is 14.4. The van der Waals surface area contributed by atoms with Gasteiger partial charge in [-0.3, -0.25) is 9.89 Å². The van der Waals surface area contributed by atoms with Crippen molar-refractivity contribution >= 4 is 5.91 Å². The molecule has 5 nitrogen and oxygen atoms in total. The Labute approximate surface area is 134 Å². The van der Waals surface area contributed by atoms with E-state index in [0.29, 0.717) is 24.4 Å². The van der Waals surface area contributed by atoms with E-state index in [4.69, 9.17) is 4.74 Å². The predicted molar refractivity (Wildman–Crippen MR) is 83.4 cm³/mol. The standard InChI is InChI=1S/C17H20FN3O2/c1-12-8-16(20-19-12)17(22)21(9-13-6-7-23-11-13)10-14-4-2-3-5-15(14)18/h2-5,8,13H,6-7,9-11H2,1H3,(H,19,20). The van der Waals surface area contributed by atoms with E-state index in [1.54, 1.807) is 29.2 Å². The summed E-state index contributed by atoms with van der Waals surface area (Å²) in [5, 5.41) is 6.75. The lowest BCUT2D eigenvalue weighted by atomic mass is 10.1. The Morgan fingerprint density at radius 1 is 1.48 bits per heavy atom. The number of aromatic amines is 1. The smallest absolute Gasteiger partial charge is 0.272 e. The number of halogens is 1. The van der Waals surface area contributed by atoms with Gasteiger partial charge in [0.2, 0.25) is 0 Å². The van der Waals surface area contributed by atoms with Crippen molar-refractivity contribution < 1.29 is 13.9 Å². The average molecular weight is 317 g/mol. The van der Waals surface area contributed by atoms with Gasteiger partial charge in [-0.25, -0.2) is 4.39 Å². The number of rotatable bonds is 5. The van der Waals surface area contributed by atoms with Crippen LogP contribution in [-0.4, -0.2) is 40.8 Å². The van der Waals surface area contributed by atoms with Crippen LogP contribution in [0.15, 0.2) is 30.3 Å². The first-order chi connectivity index (χ1) is 11.1. The molecular weight excluding hydrogens is 297 g/mol. The fourth-order valence-corrected chi connectivity index (χ4v) is 2.79. The van der Waals surface area contributed by atoms with E-state index < -0.39 is 0 Å². The van der Waals surface area contributed by atoms with Crippen LogP contribution in [0.2, 0.25) is 0 Å². The molecule has 1 aromatic heterocycles. The van der Waals surface area contributed by atoms with Crippen LogP contribution in [0.1, 0.15) is 28.2 Å². The molecule has 1 aromatic carbocycles. The first-order valence-corrected chi connectivity index (χ1v) is 7.76. The number of nitrogens with one attached hydrogen (secondary N) is 1. The number of nitrogens with zero attached hydrogens (tertiary/aromatic N) is 2. The first-order valence-electron chi connectivity index (χ1n) is 7.76. The fraction of sp³-hybridized carbons (Fsp3) is 0.412. The second-order valence-corrected chi connectivity index (χ2v) is 5.93. The lowest BCUT2D eigenvalue weighted by Gasteiger charge is -2.25. The molecule has 3 rings (SSSR count). The molecule has 122 valence electrons. The molecule has 0 saturated carbocycles. The molecule has 1 N–H and O–H groups in total. The molecule has 2 heterocycles. The van der Waals surface area contributed by atoms with Crippen molar-refractivity contribution in [3.05, 3.63) is 53.1 Å². The van der Waals surface area contributed by atoms with Gasteiger partial charge in [0, 0.05) is 31.2 Å². The molecule has 0 spiro atoms. The molecular formula is C17H20FN3O2. The van der Waals surface area contributed by atoms with Crippen molar-refractivity contribution in [2.24, 2.45) is 5.92 Å². The molecule has 2 aromatic rings. The molecule has 1 aliphatic rings. The van der Waals surface area contributed by atoms with E-state index in [1.165, 1.54) is 6.07 Å². The predicted octanol–water partition coefficient (Wildman–Crippen LogP) is 2.54. The number of benzene rings is 1. The minimum absolute atomic E-state index is 0.166. The van der Waals surface area contributed by atoms with Crippen LogP contribution in [-0.2, 0) is 11.3 Å². The lowest BCUT2D eigenvalue weighted by Crippen LogP contribution is -2.35. The van der Waals surface area contributed by atoms with E-state index in [2.05, 4.69) is 10.2 Å². The zero-order valence-electron chi connectivity index (χ0n) is 13.1. The quantitative estimate of drug-likeness (QED) is 0.922. The summed E-state index contributed by atoms with van der Waals surface area (Å²) in [6, 6.07) is 8.26. The number of amides is 1. The molecule has 1 fully saturated rings.